The summed E-state index contributed by atoms with van der Waals surface area (Å²) < 4.78 is 19.2. The number of allylic oxidation sites excluding steroid dienone is 2. The minimum atomic E-state index is -0.367. The average molecular weight is 688 g/mol. The van der Waals surface area contributed by atoms with Gasteiger partial charge in [0.15, 0.2) is 11.2 Å². The van der Waals surface area contributed by atoms with Gasteiger partial charge in [0, 0.05) is 23.5 Å². The van der Waals surface area contributed by atoms with Crippen molar-refractivity contribution in [3.8, 4) is 22.3 Å². The molecule has 1 atom stereocenters. The Morgan fingerprint density at radius 3 is 1.56 bits per heavy atom. The number of methoxy groups -OCH3 is 1. The van der Waals surface area contributed by atoms with Crippen LogP contribution in [-0.2, 0) is 15.6 Å². The van der Waals surface area contributed by atoms with E-state index in [2.05, 4.69) is 113 Å². The second-order valence-corrected chi connectivity index (χ2v) is 15.1. The summed E-state index contributed by atoms with van der Waals surface area (Å²) in [7, 11) is 1.73. The van der Waals surface area contributed by atoms with Crippen molar-refractivity contribution in [2.45, 2.75) is 96.0 Å². The smallest absolute Gasteiger partial charge is 0.227 e. The summed E-state index contributed by atoms with van der Waals surface area (Å²) >= 11 is 0. The van der Waals surface area contributed by atoms with Gasteiger partial charge in [0.2, 0.25) is 11.8 Å². The Balaban J connectivity index is 1.06. The fraction of sp³-hybridized carbons (Fsp3) is 0.340. The Morgan fingerprint density at radius 1 is 0.577 bits per heavy atom. The summed E-state index contributed by atoms with van der Waals surface area (Å²) in [5.74, 6) is 2.06. The minimum absolute atomic E-state index is 0.00218. The number of hydrogen-bond acceptors (Lipinski definition) is 5. The first-order valence-corrected chi connectivity index (χ1v) is 19.4. The molecule has 263 valence electrons. The van der Waals surface area contributed by atoms with Gasteiger partial charge in [0.05, 0.1) is 6.10 Å². The van der Waals surface area contributed by atoms with E-state index in [1.165, 1.54) is 44.5 Å². The van der Waals surface area contributed by atoms with Crippen LogP contribution in [0.5, 0.6) is 0 Å². The molecule has 0 amide bonds. The second kappa shape index (κ2) is 12.7. The minimum Gasteiger partial charge on any atom is -0.440 e. The third-order valence-electron chi connectivity index (χ3n) is 12.1. The third-order valence-corrected chi connectivity index (χ3v) is 12.1. The summed E-state index contributed by atoms with van der Waals surface area (Å²) in [6, 6.07) is 26.9. The molecule has 3 aliphatic rings. The van der Waals surface area contributed by atoms with Crippen LogP contribution in [0.3, 0.4) is 0 Å². The fourth-order valence-electron chi connectivity index (χ4n) is 10.1. The average Bonchev–Trinajstić information content (AvgIpc) is 3.91. The van der Waals surface area contributed by atoms with Crippen molar-refractivity contribution in [1.29, 1.82) is 0 Å². The van der Waals surface area contributed by atoms with Crippen LogP contribution < -0.4 is 0 Å². The molecule has 1 unspecified atom stereocenters. The molecule has 0 N–H and O–H groups in total. The highest BCUT2D eigenvalue weighted by atomic mass is 16.5. The van der Waals surface area contributed by atoms with Gasteiger partial charge in [0.1, 0.15) is 17.0 Å². The Morgan fingerprint density at radius 2 is 1.06 bits per heavy atom. The molecule has 2 aromatic heterocycles. The van der Waals surface area contributed by atoms with E-state index in [0.29, 0.717) is 11.8 Å². The Labute approximate surface area is 306 Å². The van der Waals surface area contributed by atoms with Crippen molar-refractivity contribution in [2.75, 3.05) is 7.11 Å². The van der Waals surface area contributed by atoms with Crippen LogP contribution >= 0.6 is 0 Å². The molecule has 2 heterocycles. The van der Waals surface area contributed by atoms with Gasteiger partial charge in [-0.1, -0.05) is 114 Å². The first kappa shape index (κ1) is 33.1. The zero-order chi connectivity index (χ0) is 35.6. The van der Waals surface area contributed by atoms with E-state index in [9.17, 15) is 0 Å². The van der Waals surface area contributed by atoms with E-state index in [-0.39, 0.29) is 16.9 Å². The standard InChI is InChI=1S/C47H47N2O3/c1-6-20-46(21-7-2)35-16-12-10-14-30(35)33-25-39-42(27-37(33)46)51-44(48-39)29-18-19-32(41(24-29)50-5)45-49-40-26-34-31-15-11-13-17-36(31)47(22-8-3,23-9-4)38(34)28-43(40)52-45/h10-19,24-28,41H,6-9,20-23H2,1-5H3. The molecule has 0 saturated heterocycles. The van der Waals surface area contributed by atoms with E-state index in [0.717, 1.165) is 85.1 Å². The van der Waals surface area contributed by atoms with E-state index >= 15 is 0 Å². The lowest BCUT2D eigenvalue weighted by Crippen LogP contribution is -2.24. The van der Waals surface area contributed by atoms with Gasteiger partial charge in [0.25, 0.3) is 0 Å². The van der Waals surface area contributed by atoms with Crippen molar-refractivity contribution >= 4 is 27.8 Å². The molecular weight excluding hydrogens is 641 g/mol. The van der Waals surface area contributed by atoms with Crippen LogP contribution in [0.25, 0.3) is 50.0 Å². The zero-order valence-electron chi connectivity index (χ0n) is 31.0. The lowest BCUT2D eigenvalue weighted by molar-refractivity contribution is 0.154. The quantitative estimate of drug-likeness (QED) is 0.136. The molecule has 0 fully saturated rings. The van der Waals surface area contributed by atoms with Gasteiger partial charge < -0.3 is 13.6 Å². The first-order valence-electron chi connectivity index (χ1n) is 19.4. The van der Waals surface area contributed by atoms with Crippen LogP contribution in [0.15, 0.2) is 99.9 Å². The van der Waals surface area contributed by atoms with Crippen molar-refractivity contribution < 1.29 is 13.6 Å². The van der Waals surface area contributed by atoms with Crippen molar-refractivity contribution in [3.63, 3.8) is 0 Å². The van der Waals surface area contributed by atoms with Crippen LogP contribution in [0, 0.1) is 5.92 Å². The predicted molar refractivity (Wildman–Crippen MR) is 210 cm³/mol. The number of ether oxygens (including phenoxy) is 1. The number of oxazole rings is 2. The maximum Gasteiger partial charge on any atom is 0.227 e. The molecule has 6 aromatic rings. The second-order valence-electron chi connectivity index (χ2n) is 15.1. The molecular formula is C47H47N2O3. The van der Waals surface area contributed by atoms with Crippen LogP contribution in [-0.4, -0.2) is 23.2 Å². The Kier molecular flexibility index (Phi) is 8.11. The van der Waals surface area contributed by atoms with Gasteiger partial charge in [-0.3, -0.25) is 0 Å². The molecule has 0 spiro atoms. The van der Waals surface area contributed by atoms with Crippen molar-refractivity contribution in [1.82, 2.24) is 9.97 Å². The Bertz CT molecular complexity index is 2380. The van der Waals surface area contributed by atoms with E-state index in [1.807, 2.05) is 6.08 Å². The fourth-order valence-corrected chi connectivity index (χ4v) is 10.1. The molecule has 1 radical (unpaired) electrons. The third kappa shape index (κ3) is 4.78. The molecule has 0 bridgehead atoms. The van der Waals surface area contributed by atoms with Gasteiger partial charge in [-0.05, 0) is 101 Å². The lowest BCUT2D eigenvalue weighted by atomic mass is 9.71. The molecule has 9 rings (SSSR count). The van der Waals surface area contributed by atoms with Crippen LogP contribution in [0.4, 0.5) is 0 Å². The van der Waals surface area contributed by atoms with Crippen LogP contribution in [0.1, 0.15) is 113 Å². The molecule has 0 aliphatic heterocycles. The lowest BCUT2D eigenvalue weighted by Gasteiger charge is -2.31. The summed E-state index contributed by atoms with van der Waals surface area (Å²) in [6.45, 7) is 9.17. The van der Waals surface area contributed by atoms with Crippen molar-refractivity contribution in [3.05, 3.63) is 131 Å². The summed E-state index contributed by atoms with van der Waals surface area (Å²) in [5, 5.41) is 0. The number of nitrogens with zero attached hydrogens (tertiary/aromatic N) is 2. The van der Waals surface area contributed by atoms with E-state index in [4.69, 9.17) is 23.5 Å². The van der Waals surface area contributed by atoms with Gasteiger partial charge in [-0.15, -0.1) is 0 Å². The summed E-state index contributed by atoms with van der Waals surface area (Å²) in [5.41, 5.74) is 15.1. The maximum absolute atomic E-state index is 6.59. The van der Waals surface area contributed by atoms with E-state index < -0.39 is 0 Å². The maximum atomic E-state index is 6.59. The van der Waals surface area contributed by atoms with Gasteiger partial charge in [-0.2, -0.15) is 0 Å². The molecule has 0 saturated carbocycles. The molecule has 4 aromatic carbocycles. The van der Waals surface area contributed by atoms with Crippen LogP contribution in [0.2, 0.25) is 0 Å². The summed E-state index contributed by atoms with van der Waals surface area (Å²) in [4.78, 5) is 10.1. The number of benzene rings is 4. The topological polar surface area (TPSA) is 61.3 Å². The largest absolute Gasteiger partial charge is 0.440 e. The predicted octanol–water partition coefficient (Wildman–Crippen LogP) is 12.3. The molecule has 5 heteroatoms. The Hall–Kier alpha value is -4.74. The van der Waals surface area contributed by atoms with E-state index in [1.54, 1.807) is 7.11 Å². The monoisotopic (exact) mass is 687 g/mol. The molecule has 52 heavy (non-hydrogen) atoms. The SMILES string of the molecule is CCCC1(CCC)c2ccccc2-c2cc3nc([C]4C=CC(c5nc6cc7c(cc6o5)C(CCC)(CCC)c5ccccc5-7)=CC4OC)oc3cc21. The van der Waals surface area contributed by atoms with Gasteiger partial charge >= 0.3 is 0 Å². The number of rotatable bonds is 11. The normalized spacial score (nSPS) is 18.1. The number of aromatic nitrogens is 2. The summed E-state index contributed by atoms with van der Waals surface area (Å²) in [6.07, 6.45) is 14.7. The number of fused-ring (bicyclic) bond motifs is 8. The zero-order valence-corrected chi connectivity index (χ0v) is 31.0. The first-order chi connectivity index (χ1) is 25.5. The molecule has 3 aliphatic carbocycles. The van der Waals surface area contributed by atoms with Gasteiger partial charge in [-0.25, -0.2) is 9.97 Å². The highest BCUT2D eigenvalue weighted by molar-refractivity contribution is 5.92. The molecule has 5 nitrogen and oxygen atoms in total. The van der Waals surface area contributed by atoms with Crippen molar-refractivity contribution in [2.24, 2.45) is 0 Å². The number of hydrogen-bond donors (Lipinski definition) is 0. The highest BCUT2D eigenvalue weighted by Crippen LogP contribution is 2.56. The highest BCUT2D eigenvalue weighted by Gasteiger charge is 2.44.